The van der Waals surface area contributed by atoms with Crippen molar-refractivity contribution in [2.24, 2.45) is 0 Å². The van der Waals surface area contributed by atoms with E-state index in [2.05, 4.69) is 4.98 Å². The van der Waals surface area contributed by atoms with Gasteiger partial charge >= 0.3 is 0 Å². The molecular formula is C24H21F5N2O3S. The van der Waals surface area contributed by atoms with Gasteiger partial charge < -0.3 is 4.79 Å². The molecule has 1 heterocycles. The van der Waals surface area contributed by atoms with Crippen molar-refractivity contribution in [3.8, 4) is 0 Å². The first-order chi connectivity index (χ1) is 16.4. The van der Waals surface area contributed by atoms with Gasteiger partial charge in [-0.3, -0.25) is 4.98 Å². The van der Waals surface area contributed by atoms with Crippen LogP contribution in [-0.4, -0.2) is 23.5 Å². The van der Waals surface area contributed by atoms with E-state index in [1.54, 1.807) is 6.07 Å². The Labute approximate surface area is 199 Å². The molecule has 0 aliphatic heterocycles. The number of aryl methyl sites for hydroxylation is 1. The predicted octanol–water partition coefficient (Wildman–Crippen LogP) is 5.25. The average molecular weight is 513 g/mol. The fourth-order valence-corrected chi connectivity index (χ4v) is 5.07. The topological polar surface area (TPSA) is 67.3 Å². The molecule has 0 aliphatic rings. The fourth-order valence-electron chi connectivity index (χ4n) is 3.40. The van der Waals surface area contributed by atoms with Crippen LogP contribution < -0.4 is 0 Å². The largest absolute Gasteiger partial charge is 0.300 e. The van der Waals surface area contributed by atoms with Crippen LogP contribution >= 0.6 is 0 Å². The predicted molar refractivity (Wildman–Crippen MR) is 117 cm³/mol. The minimum Gasteiger partial charge on any atom is -0.300 e. The molecule has 1 aromatic heterocycles. The lowest BCUT2D eigenvalue weighted by molar-refractivity contribution is -0.116. The smallest absolute Gasteiger partial charge is 0.247 e. The Hall–Kier alpha value is -3.18. The number of carbonyl (C=O) groups excluding carboxylic acids is 1. The molecule has 186 valence electrons. The summed E-state index contributed by atoms with van der Waals surface area (Å²) in [6.45, 7) is 2.34. The Morgan fingerprint density at radius 2 is 1.71 bits per heavy atom. The van der Waals surface area contributed by atoms with E-state index < -0.39 is 56.6 Å². The summed E-state index contributed by atoms with van der Waals surface area (Å²) in [4.78, 5) is 13.9. The number of benzene rings is 2. The molecule has 0 aliphatic carbocycles. The van der Waals surface area contributed by atoms with Crippen molar-refractivity contribution in [1.82, 2.24) is 9.29 Å². The number of carbonyl (C=O) groups is 1. The van der Waals surface area contributed by atoms with Crippen LogP contribution in [-0.2, 0) is 27.8 Å². The van der Waals surface area contributed by atoms with Gasteiger partial charge in [-0.2, -0.15) is 4.31 Å². The van der Waals surface area contributed by atoms with E-state index in [4.69, 9.17) is 0 Å². The molecule has 0 amide bonds. The van der Waals surface area contributed by atoms with Crippen molar-refractivity contribution in [3.63, 3.8) is 0 Å². The lowest BCUT2D eigenvalue weighted by Crippen LogP contribution is -2.34. The highest BCUT2D eigenvalue weighted by Gasteiger charge is 2.35. The van der Waals surface area contributed by atoms with E-state index in [-0.39, 0.29) is 23.1 Å². The van der Waals surface area contributed by atoms with Crippen molar-refractivity contribution in [1.29, 1.82) is 0 Å². The van der Waals surface area contributed by atoms with Gasteiger partial charge in [0, 0.05) is 24.7 Å². The van der Waals surface area contributed by atoms with E-state index in [0.29, 0.717) is 22.7 Å². The highest BCUT2D eigenvalue weighted by atomic mass is 32.2. The van der Waals surface area contributed by atoms with Crippen molar-refractivity contribution in [2.45, 2.75) is 44.2 Å². The van der Waals surface area contributed by atoms with Crippen molar-refractivity contribution >= 4 is 15.8 Å². The maximum atomic E-state index is 14.5. The molecule has 5 nitrogen and oxygen atoms in total. The lowest BCUT2D eigenvalue weighted by Gasteiger charge is -2.29. The molecule has 1 atom stereocenters. The third kappa shape index (κ3) is 5.91. The van der Waals surface area contributed by atoms with Gasteiger partial charge in [-0.05, 0) is 49.6 Å². The van der Waals surface area contributed by atoms with Crippen molar-refractivity contribution < 1.29 is 35.2 Å². The Bertz CT molecular complexity index is 1350. The number of rotatable bonds is 9. The summed E-state index contributed by atoms with van der Waals surface area (Å²) in [7, 11) is -4.98. The summed E-state index contributed by atoms with van der Waals surface area (Å²) in [6.07, 6.45) is 2.15. The number of ketones is 1. The zero-order chi connectivity index (χ0) is 25.9. The summed E-state index contributed by atoms with van der Waals surface area (Å²) < 4.78 is 96.9. The molecule has 3 rings (SSSR count). The number of sulfonamides is 1. The molecular weight excluding hydrogens is 491 g/mol. The van der Waals surface area contributed by atoms with Crippen LogP contribution in [0.4, 0.5) is 22.0 Å². The SMILES string of the molecule is CC(=O)CCc1ccc(CN(C(C)c2cccc(F)c2)S(=O)(=O)c2cc(F)c(F)c(F)c2F)nc1. The van der Waals surface area contributed by atoms with E-state index >= 15 is 0 Å². The van der Waals surface area contributed by atoms with Crippen LogP contribution in [0.1, 0.15) is 43.1 Å². The second-order valence-electron chi connectivity index (χ2n) is 7.94. The summed E-state index contributed by atoms with van der Waals surface area (Å²) in [5.41, 5.74) is 1.08. The number of aromatic nitrogens is 1. The summed E-state index contributed by atoms with van der Waals surface area (Å²) in [5, 5.41) is 0. The molecule has 0 radical (unpaired) electrons. The second kappa shape index (κ2) is 10.6. The Morgan fingerprint density at radius 1 is 1.00 bits per heavy atom. The standard InChI is InChI=1S/C24H21F5N2O3S/c1-14(32)6-7-16-8-9-19(30-12-16)13-31(15(2)17-4-3-5-18(25)10-17)35(33,34)21-11-20(26)22(27)24(29)23(21)28/h3-5,8-12,15H,6-7,13H2,1-2H3. The minimum absolute atomic E-state index is 0.0175. The van der Waals surface area contributed by atoms with Gasteiger partial charge in [0.2, 0.25) is 10.0 Å². The van der Waals surface area contributed by atoms with Crippen LogP contribution in [0.15, 0.2) is 53.6 Å². The van der Waals surface area contributed by atoms with E-state index in [9.17, 15) is 35.2 Å². The number of pyridine rings is 1. The van der Waals surface area contributed by atoms with E-state index in [1.165, 1.54) is 38.2 Å². The molecule has 0 spiro atoms. The first-order valence-electron chi connectivity index (χ1n) is 10.5. The monoisotopic (exact) mass is 512 g/mol. The van der Waals surface area contributed by atoms with Crippen LogP contribution in [0.2, 0.25) is 0 Å². The summed E-state index contributed by atoms with van der Waals surface area (Å²) in [5.74, 6) is -9.05. The molecule has 0 fully saturated rings. The molecule has 11 heteroatoms. The quantitative estimate of drug-likeness (QED) is 0.223. The molecule has 0 saturated heterocycles. The maximum absolute atomic E-state index is 14.5. The summed E-state index contributed by atoms with van der Waals surface area (Å²) >= 11 is 0. The fraction of sp³-hybridized carbons (Fsp3) is 0.250. The Balaban J connectivity index is 2.06. The molecule has 0 bridgehead atoms. The Morgan fingerprint density at radius 3 is 2.31 bits per heavy atom. The zero-order valence-corrected chi connectivity index (χ0v) is 19.6. The number of nitrogens with zero attached hydrogens (tertiary/aromatic N) is 2. The van der Waals surface area contributed by atoms with Crippen LogP contribution in [0, 0.1) is 29.1 Å². The van der Waals surface area contributed by atoms with Crippen molar-refractivity contribution in [2.75, 3.05) is 0 Å². The van der Waals surface area contributed by atoms with Gasteiger partial charge in [-0.25, -0.2) is 30.4 Å². The van der Waals surface area contributed by atoms with Gasteiger partial charge in [0.15, 0.2) is 23.3 Å². The minimum atomic E-state index is -4.98. The highest BCUT2D eigenvalue weighted by molar-refractivity contribution is 7.89. The normalized spacial score (nSPS) is 12.7. The van der Waals surface area contributed by atoms with Gasteiger partial charge in [0.25, 0.3) is 0 Å². The lowest BCUT2D eigenvalue weighted by atomic mass is 10.1. The van der Waals surface area contributed by atoms with E-state index in [1.807, 2.05) is 0 Å². The third-order valence-electron chi connectivity index (χ3n) is 5.39. The number of hydrogen-bond acceptors (Lipinski definition) is 4. The van der Waals surface area contributed by atoms with Crippen LogP contribution in [0.3, 0.4) is 0 Å². The first-order valence-corrected chi connectivity index (χ1v) is 11.9. The van der Waals surface area contributed by atoms with Gasteiger partial charge in [-0.15, -0.1) is 0 Å². The van der Waals surface area contributed by atoms with Crippen LogP contribution in [0.5, 0.6) is 0 Å². The molecule has 35 heavy (non-hydrogen) atoms. The molecule has 0 saturated carbocycles. The maximum Gasteiger partial charge on any atom is 0.247 e. The number of hydrogen-bond donors (Lipinski definition) is 0. The Kier molecular flexibility index (Phi) is 8.01. The zero-order valence-electron chi connectivity index (χ0n) is 18.7. The number of halogens is 5. The highest BCUT2D eigenvalue weighted by Crippen LogP contribution is 2.32. The number of Topliss-reactive ketones (excluding diaryl/α,β-unsaturated/α-hetero) is 1. The van der Waals surface area contributed by atoms with Crippen LogP contribution in [0.25, 0.3) is 0 Å². The van der Waals surface area contributed by atoms with Gasteiger partial charge in [0.1, 0.15) is 16.5 Å². The molecule has 3 aromatic rings. The van der Waals surface area contributed by atoms with Crippen molar-refractivity contribution in [3.05, 3.63) is 94.6 Å². The molecule has 0 N–H and O–H groups in total. The first kappa shape index (κ1) is 26.4. The van der Waals surface area contributed by atoms with Gasteiger partial charge in [0.05, 0.1) is 12.2 Å². The summed E-state index contributed by atoms with van der Waals surface area (Å²) in [6, 6.07) is 7.01. The van der Waals surface area contributed by atoms with E-state index in [0.717, 1.165) is 12.1 Å². The van der Waals surface area contributed by atoms with Gasteiger partial charge in [-0.1, -0.05) is 18.2 Å². The average Bonchev–Trinajstić information content (AvgIpc) is 2.82. The molecule has 1 unspecified atom stereocenters. The molecule has 2 aromatic carbocycles. The third-order valence-corrected chi connectivity index (χ3v) is 7.30. The second-order valence-corrected chi connectivity index (χ2v) is 9.80.